The Labute approximate surface area is 100 Å². The average Bonchev–Trinajstić information content (AvgIpc) is 2.20. The second kappa shape index (κ2) is 10.9. The van der Waals surface area contributed by atoms with Gasteiger partial charge in [-0.2, -0.15) is 0 Å². The molecule has 0 N–H and O–H groups in total. The SMILES string of the molecule is CCCC[n+]1ccc(C)cc1.Cl.[O]=[Al]. The molecule has 2 nitrogen and oxygen atoms in total. The third kappa shape index (κ3) is 7.20. The van der Waals surface area contributed by atoms with Crippen LogP contribution in [0.15, 0.2) is 24.5 Å². The van der Waals surface area contributed by atoms with Crippen LogP contribution in [0.3, 0.4) is 0 Å². The predicted octanol–water partition coefficient (Wildman–Crippen LogP) is 2.00. The number of rotatable bonds is 3. The van der Waals surface area contributed by atoms with Crippen molar-refractivity contribution in [1.82, 2.24) is 0 Å². The Morgan fingerprint density at radius 1 is 1.29 bits per heavy atom. The van der Waals surface area contributed by atoms with Gasteiger partial charge in [-0.15, -0.1) is 12.4 Å². The Hall–Kier alpha value is -0.228. The zero-order valence-corrected chi connectivity index (χ0v) is 10.7. The summed E-state index contributed by atoms with van der Waals surface area (Å²) in [6, 6.07) is 4.30. The van der Waals surface area contributed by atoms with E-state index in [1.165, 1.54) is 34.6 Å². The molecule has 0 unspecified atom stereocenters. The minimum absolute atomic E-state index is 0. The summed E-state index contributed by atoms with van der Waals surface area (Å²) in [5.41, 5.74) is 1.33. The summed E-state index contributed by atoms with van der Waals surface area (Å²) in [5, 5.41) is 0. The molecule has 0 atom stereocenters. The normalized spacial score (nSPS) is 8.07. The molecule has 1 aromatic rings. The van der Waals surface area contributed by atoms with E-state index in [9.17, 15) is 0 Å². The molecule has 1 rings (SSSR count). The number of hydrogen-bond acceptors (Lipinski definition) is 1. The first kappa shape index (κ1) is 16.2. The number of unbranched alkanes of at least 4 members (excludes halogenated alkanes) is 1. The van der Waals surface area contributed by atoms with Gasteiger partial charge in [0.15, 0.2) is 12.4 Å². The van der Waals surface area contributed by atoms with Gasteiger partial charge in [-0.25, -0.2) is 4.57 Å². The number of nitrogens with zero attached hydrogens (tertiary/aromatic N) is 1. The molecule has 0 aliphatic heterocycles. The van der Waals surface area contributed by atoms with Gasteiger partial charge in [0.25, 0.3) is 0 Å². The van der Waals surface area contributed by atoms with E-state index in [-0.39, 0.29) is 12.4 Å². The molecule has 0 aliphatic rings. The molecule has 1 aromatic heterocycles. The number of halogens is 1. The zero-order valence-electron chi connectivity index (χ0n) is 8.77. The summed E-state index contributed by atoms with van der Waals surface area (Å²) in [6.07, 6.45) is 6.82. The van der Waals surface area contributed by atoms with Crippen molar-refractivity contribution in [3.8, 4) is 0 Å². The van der Waals surface area contributed by atoms with E-state index in [1.807, 2.05) is 0 Å². The molecule has 1 radical (unpaired) electrons. The van der Waals surface area contributed by atoms with E-state index >= 15 is 0 Å². The number of pyridine rings is 1. The van der Waals surface area contributed by atoms with E-state index in [4.69, 9.17) is 3.80 Å². The maximum atomic E-state index is 8.17. The molecule has 4 heteroatoms. The van der Waals surface area contributed by atoms with Gasteiger partial charge in [0.05, 0.1) is 0 Å². The van der Waals surface area contributed by atoms with Crippen LogP contribution in [-0.4, -0.2) is 16.2 Å². The van der Waals surface area contributed by atoms with Gasteiger partial charge >= 0.3 is 20.0 Å². The van der Waals surface area contributed by atoms with Crippen LogP contribution in [0.2, 0.25) is 0 Å². The topological polar surface area (TPSA) is 20.9 Å². The van der Waals surface area contributed by atoms with Crippen LogP contribution in [0, 0.1) is 6.92 Å². The predicted molar refractivity (Wildman–Crippen MR) is 60.0 cm³/mol. The van der Waals surface area contributed by atoms with Crippen LogP contribution < -0.4 is 4.57 Å². The Kier molecular flexibility index (Phi) is 12.6. The maximum absolute atomic E-state index is 8.17. The third-order valence-corrected chi connectivity index (χ3v) is 1.83. The molecule has 0 saturated carbocycles. The van der Waals surface area contributed by atoms with E-state index < -0.39 is 0 Å². The van der Waals surface area contributed by atoms with Crippen molar-refractivity contribution in [2.24, 2.45) is 0 Å². The standard InChI is InChI=1S/C10H16N.Al.ClH.O/c1-3-4-7-11-8-5-10(2)6-9-11;;;/h5-6,8-9H,3-4,7H2,1-2H3;;1H;/q+1;;;. The van der Waals surface area contributed by atoms with E-state index in [0.29, 0.717) is 0 Å². The fourth-order valence-corrected chi connectivity index (χ4v) is 1.02. The Bertz CT molecular complexity index is 228. The molecule has 0 aliphatic carbocycles. The second-order valence-electron chi connectivity index (χ2n) is 2.97. The summed E-state index contributed by atoms with van der Waals surface area (Å²) in [7, 11) is 0. The Balaban J connectivity index is 0. The summed E-state index contributed by atoms with van der Waals surface area (Å²) < 4.78 is 10.4. The molecule has 0 bridgehead atoms. The molecule has 77 valence electrons. The molecule has 14 heavy (non-hydrogen) atoms. The van der Waals surface area contributed by atoms with Crippen LogP contribution in [0.25, 0.3) is 0 Å². The van der Waals surface area contributed by atoms with Crippen molar-refractivity contribution in [1.29, 1.82) is 0 Å². The summed E-state index contributed by atoms with van der Waals surface area (Å²) in [6.45, 7) is 5.48. The zero-order chi connectivity index (χ0) is 10.1. The van der Waals surface area contributed by atoms with Gasteiger partial charge in [-0.1, -0.05) is 13.3 Å². The Morgan fingerprint density at radius 2 is 1.79 bits per heavy atom. The molecule has 0 spiro atoms. The first-order chi connectivity index (χ1) is 6.33. The first-order valence-corrected chi connectivity index (χ1v) is 4.99. The number of aryl methyl sites for hydroxylation is 2. The summed E-state index contributed by atoms with van der Waals surface area (Å²) >= 11 is 1.17. The van der Waals surface area contributed by atoms with Crippen LogP contribution >= 0.6 is 12.4 Å². The van der Waals surface area contributed by atoms with Crippen LogP contribution in [0.4, 0.5) is 0 Å². The molecule has 1 heterocycles. The molecular weight excluding hydrogens is 213 g/mol. The third-order valence-electron chi connectivity index (χ3n) is 1.83. The number of aromatic nitrogens is 1. The molecule has 0 aromatic carbocycles. The van der Waals surface area contributed by atoms with Crippen molar-refractivity contribution < 1.29 is 8.37 Å². The summed E-state index contributed by atoms with van der Waals surface area (Å²) in [4.78, 5) is 0. The first-order valence-electron chi connectivity index (χ1n) is 4.52. The van der Waals surface area contributed by atoms with E-state index in [2.05, 4.69) is 42.9 Å². The van der Waals surface area contributed by atoms with Crippen molar-refractivity contribution in [2.75, 3.05) is 0 Å². The van der Waals surface area contributed by atoms with E-state index in [1.54, 1.807) is 0 Å². The average molecular weight is 230 g/mol. The van der Waals surface area contributed by atoms with Gasteiger partial charge in [0.1, 0.15) is 6.54 Å². The molecule has 0 fully saturated rings. The molecule has 0 saturated heterocycles. The fourth-order valence-electron chi connectivity index (χ4n) is 1.02. The van der Waals surface area contributed by atoms with Crippen LogP contribution in [-0.2, 0) is 10.3 Å². The van der Waals surface area contributed by atoms with E-state index in [0.717, 1.165) is 6.54 Å². The molecular formula is C10H17AlClNO+. The molecule has 0 amide bonds. The summed E-state index contributed by atoms with van der Waals surface area (Å²) in [5.74, 6) is 0. The Morgan fingerprint density at radius 3 is 2.21 bits per heavy atom. The quantitative estimate of drug-likeness (QED) is 0.574. The van der Waals surface area contributed by atoms with Crippen molar-refractivity contribution in [3.63, 3.8) is 0 Å². The fraction of sp³-hybridized carbons (Fsp3) is 0.500. The minimum atomic E-state index is 0. The van der Waals surface area contributed by atoms with Gasteiger partial charge in [0, 0.05) is 18.6 Å². The van der Waals surface area contributed by atoms with Gasteiger partial charge < -0.3 is 0 Å². The van der Waals surface area contributed by atoms with Crippen molar-refractivity contribution in [2.45, 2.75) is 33.2 Å². The van der Waals surface area contributed by atoms with Gasteiger partial charge in [-0.05, 0) is 12.5 Å². The monoisotopic (exact) mass is 229 g/mol. The second-order valence-corrected chi connectivity index (χ2v) is 2.97. The van der Waals surface area contributed by atoms with Crippen molar-refractivity contribution in [3.05, 3.63) is 30.1 Å². The van der Waals surface area contributed by atoms with Crippen LogP contribution in [0.1, 0.15) is 25.3 Å². The van der Waals surface area contributed by atoms with Crippen LogP contribution in [0.5, 0.6) is 0 Å². The number of hydrogen-bond donors (Lipinski definition) is 0. The van der Waals surface area contributed by atoms with Gasteiger partial charge in [0.2, 0.25) is 0 Å². The van der Waals surface area contributed by atoms with Gasteiger partial charge in [-0.3, -0.25) is 0 Å². The van der Waals surface area contributed by atoms with Crippen molar-refractivity contribution >= 4 is 28.6 Å².